The van der Waals surface area contributed by atoms with Crippen LogP contribution in [0.3, 0.4) is 0 Å². The average Bonchev–Trinajstić information content (AvgIpc) is 3.87. The van der Waals surface area contributed by atoms with Gasteiger partial charge in [0, 0.05) is 13.1 Å². The van der Waals surface area contributed by atoms with Crippen molar-refractivity contribution in [1.29, 1.82) is 0 Å². The van der Waals surface area contributed by atoms with Crippen molar-refractivity contribution < 1.29 is 32.4 Å². The Morgan fingerprint density at radius 3 is 2.04 bits per heavy atom. The number of ketones is 1. The normalized spacial score (nSPS) is 20.7. The summed E-state index contributed by atoms with van der Waals surface area (Å²) in [6.45, 7) is 14.4. The standard InChI is InChI=1S/C37H63N5O7S/c1-8-22-38-32(45)29(43)28(24-27-16-17-27)39-31(44)26(3)42(23-9-2)33(46)30(36(7)18-12-10-13-19-36)40-34(47)41-37(20-14-11-15-21-37)25-50(48,49)35(4,5)6/h8,26-28,30H,1,9-25H2,2-7H3,(H,38,45)(H,39,44)(H2,40,41,47)/t26-,28-,30+/m0/s1. The van der Waals surface area contributed by atoms with E-state index >= 15 is 0 Å². The molecule has 3 saturated carbocycles. The molecule has 0 aliphatic heterocycles. The van der Waals surface area contributed by atoms with E-state index in [1.165, 1.54) is 11.0 Å². The number of carbonyl (C=O) groups excluding carboxylic acids is 5. The summed E-state index contributed by atoms with van der Waals surface area (Å²) in [7, 11) is -3.57. The summed E-state index contributed by atoms with van der Waals surface area (Å²) in [5.74, 6) is -2.42. The Labute approximate surface area is 300 Å². The molecule has 0 heterocycles. The lowest BCUT2D eigenvalue weighted by atomic mass is 9.70. The molecule has 50 heavy (non-hydrogen) atoms. The van der Waals surface area contributed by atoms with Gasteiger partial charge in [0.05, 0.1) is 22.1 Å². The van der Waals surface area contributed by atoms with E-state index < -0.39 is 73.2 Å². The van der Waals surface area contributed by atoms with E-state index in [-0.39, 0.29) is 24.8 Å². The number of Topliss-reactive ketones (excluding diaryl/α,β-unsaturated/α-hetero) is 1. The topological polar surface area (TPSA) is 171 Å². The van der Waals surface area contributed by atoms with E-state index in [1.54, 1.807) is 27.7 Å². The summed E-state index contributed by atoms with van der Waals surface area (Å²) in [5, 5.41) is 11.3. The molecule has 0 bridgehead atoms. The molecule has 3 fully saturated rings. The van der Waals surface area contributed by atoms with Crippen molar-refractivity contribution in [2.75, 3.05) is 18.8 Å². The maximum absolute atomic E-state index is 14.7. The summed E-state index contributed by atoms with van der Waals surface area (Å²) < 4.78 is 25.8. The third-order valence-corrected chi connectivity index (χ3v) is 13.7. The lowest BCUT2D eigenvalue weighted by Crippen LogP contribution is -2.65. The van der Waals surface area contributed by atoms with E-state index in [9.17, 15) is 32.4 Å². The molecule has 0 aromatic heterocycles. The highest BCUT2D eigenvalue weighted by molar-refractivity contribution is 7.92. The zero-order chi connectivity index (χ0) is 37.3. The molecule has 0 aromatic rings. The summed E-state index contributed by atoms with van der Waals surface area (Å²) in [6, 6.07) is -3.57. The van der Waals surface area contributed by atoms with Gasteiger partial charge in [-0.1, -0.05) is 71.3 Å². The second-order valence-corrected chi connectivity index (χ2v) is 19.0. The van der Waals surface area contributed by atoms with Gasteiger partial charge in [0.15, 0.2) is 9.84 Å². The number of urea groups is 1. The highest BCUT2D eigenvalue weighted by Gasteiger charge is 2.47. The van der Waals surface area contributed by atoms with Gasteiger partial charge in [0.25, 0.3) is 5.91 Å². The highest BCUT2D eigenvalue weighted by atomic mass is 32.2. The van der Waals surface area contributed by atoms with E-state index in [2.05, 4.69) is 27.8 Å². The molecule has 3 aliphatic carbocycles. The predicted molar refractivity (Wildman–Crippen MR) is 195 cm³/mol. The SMILES string of the molecule is C=CCNC(=O)C(=O)[C@H](CC1CC1)NC(=O)[C@H](C)N(CCC)C(=O)[C@@H](NC(=O)NC1(CS(=O)(=O)C(C)(C)C)CCCCC1)C1(C)CCCCC1. The van der Waals surface area contributed by atoms with Gasteiger partial charge in [0.2, 0.25) is 17.6 Å². The first kappa shape index (κ1) is 41.5. The first-order valence-corrected chi connectivity index (χ1v) is 20.4. The predicted octanol–water partition coefficient (Wildman–Crippen LogP) is 4.32. The molecule has 3 rings (SSSR count). The van der Waals surface area contributed by atoms with Crippen molar-refractivity contribution in [3.63, 3.8) is 0 Å². The van der Waals surface area contributed by atoms with Gasteiger partial charge in [-0.15, -0.1) is 6.58 Å². The summed E-state index contributed by atoms with van der Waals surface area (Å²) in [4.78, 5) is 69.5. The molecule has 12 nitrogen and oxygen atoms in total. The second-order valence-electron chi connectivity index (χ2n) is 16.3. The lowest BCUT2D eigenvalue weighted by Gasteiger charge is -2.44. The van der Waals surface area contributed by atoms with Crippen LogP contribution in [-0.2, 0) is 29.0 Å². The smallest absolute Gasteiger partial charge is 0.315 e. The third-order valence-electron chi connectivity index (χ3n) is 10.9. The fraction of sp³-hybridized carbons (Fsp3) is 0.811. The van der Waals surface area contributed by atoms with Gasteiger partial charge in [0.1, 0.15) is 12.1 Å². The highest BCUT2D eigenvalue weighted by Crippen LogP contribution is 2.40. The first-order chi connectivity index (χ1) is 23.4. The number of rotatable bonds is 17. The number of nitrogens with one attached hydrogen (secondary N) is 4. The van der Waals surface area contributed by atoms with Crippen molar-refractivity contribution in [2.45, 2.75) is 160 Å². The molecule has 3 atom stereocenters. The van der Waals surface area contributed by atoms with Crippen LogP contribution in [-0.4, -0.2) is 90.1 Å². The summed E-state index contributed by atoms with van der Waals surface area (Å²) >= 11 is 0. The van der Waals surface area contributed by atoms with Crippen LogP contribution in [0.1, 0.15) is 131 Å². The Bertz CT molecular complexity index is 1340. The zero-order valence-corrected chi connectivity index (χ0v) is 32.1. The van der Waals surface area contributed by atoms with Crippen molar-refractivity contribution in [3.8, 4) is 0 Å². The molecule has 0 unspecified atom stereocenters. The van der Waals surface area contributed by atoms with Crippen molar-refractivity contribution >= 4 is 39.4 Å². The van der Waals surface area contributed by atoms with E-state index in [1.807, 2.05) is 13.8 Å². The van der Waals surface area contributed by atoms with Crippen molar-refractivity contribution in [1.82, 2.24) is 26.2 Å². The number of hydrogen-bond donors (Lipinski definition) is 4. The molecule has 0 spiro atoms. The van der Waals surface area contributed by atoms with Gasteiger partial charge in [-0.3, -0.25) is 19.2 Å². The fourth-order valence-corrected chi connectivity index (χ4v) is 8.89. The maximum Gasteiger partial charge on any atom is 0.315 e. The van der Waals surface area contributed by atoms with Crippen LogP contribution in [0.2, 0.25) is 0 Å². The van der Waals surface area contributed by atoms with Crippen molar-refractivity contribution in [3.05, 3.63) is 12.7 Å². The van der Waals surface area contributed by atoms with E-state index in [4.69, 9.17) is 0 Å². The fourth-order valence-electron chi connectivity index (χ4n) is 7.37. The van der Waals surface area contributed by atoms with Crippen LogP contribution in [0.15, 0.2) is 12.7 Å². The molecule has 3 aliphatic rings. The Balaban J connectivity index is 1.87. The van der Waals surface area contributed by atoms with Crippen molar-refractivity contribution in [2.24, 2.45) is 11.3 Å². The summed E-state index contributed by atoms with van der Waals surface area (Å²) in [6.07, 6.45) is 12.0. The van der Waals surface area contributed by atoms with Gasteiger partial charge < -0.3 is 26.2 Å². The summed E-state index contributed by atoms with van der Waals surface area (Å²) in [5.41, 5.74) is -1.55. The van der Waals surface area contributed by atoms with Gasteiger partial charge >= 0.3 is 6.03 Å². The van der Waals surface area contributed by atoms with Crippen LogP contribution in [0.25, 0.3) is 0 Å². The molecular formula is C37H63N5O7S. The molecule has 0 saturated heterocycles. The number of carbonyl (C=O) groups is 5. The lowest BCUT2D eigenvalue weighted by molar-refractivity contribution is -0.145. The minimum atomic E-state index is -3.57. The van der Waals surface area contributed by atoms with E-state index in [0.29, 0.717) is 38.5 Å². The molecular weight excluding hydrogens is 659 g/mol. The number of nitrogens with zero attached hydrogens (tertiary/aromatic N) is 1. The first-order valence-electron chi connectivity index (χ1n) is 18.7. The number of sulfone groups is 1. The largest absolute Gasteiger partial charge is 0.346 e. The average molecular weight is 722 g/mol. The Morgan fingerprint density at radius 2 is 1.52 bits per heavy atom. The molecule has 4 N–H and O–H groups in total. The minimum Gasteiger partial charge on any atom is -0.346 e. The van der Waals surface area contributed by atoms with Gasteiger partial charge in [-0.2, -0.15) is 0 Å². The quantitative estimate of drug-likeness (QED) is 0.128. The van der Waals surface area contributed by atoms with Crippen LogP contribution >= 0.6 is 0 Å². The molecule has 0 radical (unpaired) electrons. The Hall–Kier alpha value is -2.96. The van der Waals surface area contributed by atoms with Crippen LogP contribution in [0.5, 0.6) is 0 Å². The van der Waals surface area contributed by atoms with Gasteiger partial charge in [-0.05, 0) is 77.6 Å². The van der Waals surface area contributed by atoms with Crippen LogP contribution in [0, 0.1) is 11.3 Å². The third kappa shape index (κ3) is 11.0. The van der Waals surface area contributed by atoms with Gasteiger partial charge in [-0.25, -0.2) is 13.2 Å². The number of amides is 5. The van der Waals surface area contributed by atoms with E-state index in [0.717, 1.165) is 51.4 Å². The monoisotopic (exact) mass is 721 g/mol. The minimum absolute atomic E-state index is 0.123. The molecule has 5 amide bonds. The Kier molecular flexibility index (Phi) is 14.5. The zero-order valence-electron chi connectivity index (χ0n) is 31.3. The molecule has 13 heteroatoms. The van der Waals surface area contributed by atoms with Crippen LogP contribution in [0.4, 0.5) is 4.79 Å². The molecule has 284 valence electrons. The van der Waals surface area contributed by atoms with Crippen LogP contribution < -0.4 is 21.3 Å². The second kappa shape index (κ2) is 17.5. The Morgan fingerprint density at radius 1 is 0.940 bits per heavy atom. The molecule has 0 aromatic carbocycles. The number of hydrogen-bond acceptors (Lipinski definition) is 7. The maximum atomic E-state index is 14.7.